The summed E-state index contributed by atoms with van der Waals surface area (Å²) in [6.45, 7) is 4.51. The van der Waals surface area contributed by atoms with Crippen LogP contribution < -0.4 is 5.32 Å². The Morgan fingerprint density at radius 1 is 1.35 bits per heavy atom. The SMILES string of the molecule is COC(=O)CSCCC(=O)NC1CCC(C)(C)c2ccccc21. The quantitative estimate of drug-likeness (QED) is 0.641. The molecule has 126 valence electrons. The van der Waals surface area contributed by atoms with E-state index in [9.17, 15) is 9.59 Å². The van der Waals surface area contributed by atoms with Crippen molar-refractivity contribution >= 4 is 23.6 Å². The molecule has 0 radical (unpaired) electrons. The van der Waals surface area contributed by atoms with Crippen LogP contribution in [-0.2, 0) is 19.7 Å². The second kappa shape index (κ2) is 7.86. The molecule has 0 saturated carbocycles. The van der Waals surface area contributed by atoms with Gasteiger partial charge in [-0.3, -0.25) is 9.59 Å². The molecule has 1 aliphatic carbocycles. The third-order valence-electron chi connectivity index (χ3n) is 4.38. The van der Waals surface area contributed by atoms with Crippen molar-refractivity contribution < 1.29 is 14.3 Å². The fourth-order valence-electron chi connectivity index (χ4n) is 3.01. The second-order valence-corrected chi connectivity index (χ2v) is 7.61. The normalized spacial score (nSPS) is 18.8. The van der Waals surface area contributed by atoms with E-state index in [1.54, 1.807) is 0 Å². The van der Waals surface area contributed by atoms with E-state index in [-0.39, 0.29) is 23.3 Å². The molecule has 1 unspecified atom stereocenters. The smallest absolute Gasteiger partial charge is 0.315 e. The molecule has 23 heavy (non-hydrogen) atoms. The summed E-state index contributed by atoms with van der Waals surface area (Å²) in [5, 5.41) is 3.15. The van der Waals surface area contributed by atoms with Crippen molar-refractivity contribution in [1.29, 1.82) is 0 Å². The highest BCUT2D eigenvalue weighted by atomic mass is 32.2. The van der Waals surface area contributed by atoms with Crippen LogP contribution >= 0.6 is 11.8 Å². The Morgan fingerprint density at radius 2 is 2.09 bits per heavy atom. The zero-order valence-electron chi connectivity index (χ0n) is 14.1. The van der Waals surface area contributed by atoms with Crippen molar-refractivity contribution in [3.8, 4) is 0 Å². The van der Waals surface area contributed by atoms with E-state index in [4.69, 9.17) is 0 Å². The van der Waals surface area contributed by atoms with Gasteiger partial charge in [0.05, 0.1) is 18.9 Å². The molecule has 0 spiro atoms. The summed E-state index contributed by atoms with van der Waals surface area (Å²) in [4.78, 5) is 23.2. The highest BCUT2D eigenvalue weighted by Gasteiger charge is 2.32. The molecular formula is C18H25NO3S. The fourth-order valence-corrected chi connectivity index (χ4v) is 3.77. The zero-order valence-corrected chi connectivity index (χ0v) is 14.9. The lowest BCUT2D eigenvalue weighted by atomic mass is 9.71. The van der Waals surface area contributed by atoms with Gasteiger partial charge < -0.3 is 10.1 Å². The summed E-state index contributed by atoms with van der Waals surface area (Å²) in [6, 6.07) is 8.48. The van der Waals surface area contributed by atoms with Gasteiger partial charge in [-0.1, -0.05) is 38.1 Å². The first kappa shape index (κ1) is 17.9. The molecule has 5 heteroatoms. The van der Waals surface area contributed by atoms with Crippen LogP contribution in [0.15, 0.2) is 24.3 Å². The first-order valence-electron chi connectivity index (χ1n) is 7.97. The number of methoxy groups -OCH3 is 1. The van der Waals surface area contributed by atoms with Crippen molar-refractivity contribution in [1.82, 2.24) is 5.32 Å². The number of carbonyl (C=O) groups is 2. The van der Waals surface area contributed by atoms with Crippen LogP contribution in [0.2, 0.25) is 0 Å². The molecule has 0 fully saturated rings. The lowest BCUT2D eigenvalue weighted by Crippen LogP contribution is -2.35. The Balaban J connectivity index is 1.88. The maximum atomic E-state index is 12.2. The number of ether oxygens (including phenoxy) is 1. The minimum absolute atomic E-state index is 0.0434. The topological polar surface area (TPSA) is 55.4 Å². The van der Waals surface area contributed by atoms with E-state index < -0.39 is 0 Å². The highest BCUT2D eigenvalue weighted by molar-refractivity contribution is 7.99. The van der Waals surface area contributed by atoms with Crippen LogP contribution in [-0.4, -0.2) is 30.5 Å². The number of thioether (sulfide) groups is 1. The Morgan fingerprint density at radius 3 is 2.83 bits per heavy atom. The minimum Gasteiger partial charge on any atom is -0.468 e. The Hall–Kier alpha value is -1.49. The van der Waals surface area contributed by atoms with E-state index >= 15 is 0 Å². The van der Waals surface area contributed by atoms with Crippen molar-refractivity contribution in [3.05, 3.63) is 35.4 Å². The highest BCUT2D eigenvalue weighted by Crippen LogP contribution is 2.41. The first-order valence-corrected chi connectivity index (χ1v) is 9.13. The molecule has 1 aromatic carbocycles. The van der Waals surface area contributed by atoms with Crippen LogP contribution in [0.1, 0.15) is 50.3 Å². The van der Waals surface area contributed by atoms with E-state index in [1.165, 1.54) is 30.0 Å². The Labute approximate surface area is 142 Å². The van der Waals surface area contributed by atoms with Crippen molar-refractivity contribution in [3.63, 3.8) is 0 Å². The molecule has 1 aliphatic rings. The largest absolute Gasteiger partial charge is 0.468 e. The van der Waals surface area contributed by atoms with Crippen LogP contribution in [0, 0.1) is 0 Å². The predicted octanol–water partition coefficient (Wildman–Crippen LogP) is 3.21. The number of benzene rings is 1. The van der Waals surface area contributed by atoms with Gasteiger partial charge in [-0.2, -0.15) is 0 Å². The Kier molecular flexibility index (Phi) is 6.10. The average molecular weight is 335 g/mol. The summed E-state index contributed by atoms with van der Waals surface area (Å²) in [5.74, 6) is 0.714. The lowest BCUT2D eigenvalue weighted by Gasteiger charge is -2.37. The molecule has 1 N–H and O–H groups in total. The van der Waals surface area contributed by atoms with Gasteiger partial charge in [0, 0.05) is 12.2 Å². The molecule has 1 aromatic rings. The van der Waals surface area contributed by atoms with Crippen LogP contribution in [0.25, 0.3) is 0 Å². The maximum Gasteiger partial charge on any atom is 0.315 e. The zero-order chi connectivity index (χ0) is 16.9. The number of fused-ring (bicyclic) bond motifs is 1. The number of esters is 1. The number of hydrogen-bond donors (Lipinski definition) is 1. The molecule has 1 atom stereocenters. The van der Waals surface area contributed by atoms with Gasteiger partial charge in [0.1, 0.15) is 0 Å². The number of rotatable bonds is 6. The number of nitrogens with one attached hydrogen (secondary N) is 1. The summed E-state index contributed by atoms with van der Waals surface area (Å²) < 4.78 is 4.58. The van der Waals surface area contributed by atoms with Crippen molar-refractivity contribution in [2.24, 2.45) is 0 Å². The van der Waals surface area contributed by atoms with E-state index in [0.29, 0.717) is 17.9 Å². The van der Waals surface area contributed by atoms with E-state index in [1.807, 2.05) is 6.07 Å². The fraction of sp³-hybridized carbons (Fsp3) is 0.556. The third-order valence-corrected chi connectivity index (χ3v) is 5.31. The van der Waals surface area contributed by atoms with E-state index in [2.05, 4.69) is 42.1 Å². The number of hydrogen-bond acceptors (Lipinski definition) is 4. The number of carbonyl (C=O) groups excluding carboxylic acids is 2. The monoisotopic (exact) mass is 335 g/mol. The molecular weight excluding hydrogens is 310 g/mol. The predicted molar refractivity (Wildman–Crippen MR) is 93.5 cm³/mol. The van der Waals surface area contributed by atoms with E-state index in [0.717, 1.165) is 12.8 Å². The molecule has 0 aliphatic heterocycles. The summed E-state index contributed by atoms with van der Waals surface area (Å²) in [7, 11) is 1.37. The summed E-state index contributed by atoms with van der Waals surface area (Å²) in [5.41, 5.74) is 2.73. The lowest BCUT2D eigenvalue weighted by molar-refractivity contribution is -0.137. The second-order valence-electron chi connectivity index (χ2n) is 6.51. The molecule has 2 rings (SSSR count). The van der Waals surface area contributed by atoms with Gasteiger partial charge in [-0.25, -0.2) is 0 Å². The van der Waals surface area contributed by atoms with Gasteiger partial charge in [-0.15, -0.1) is 11.8 Å². The summed E-state index contributed by atoms with van der Waals surface area (Å²) in [6.07, 6.45) is 2.45. The molecule has 0 bridgehead atoms. The molecule has 4 nitrogen and oxygen atoms in total. The maximum absolute atomic E-state index is 12.2. The average Bonchev–Trinajstić information content (AvgIpc) is 2.54. The van der Waals surface area contributed by atoms with Crippen LogP contribution in [0.5, 0.6) is 0 Å². The molecule has 0 heterocycles. The van der Waals surface area contributed by atoms with Crippen molar-refractivity contribution in [2.75, 3.05) is 18.6 Å². The third kappa shape index (κ3) is 4.74. The van der Waals surface area contributed by atoms with Gasteiger partial charge in [0.25, 0.3) is 0 Å². The first-order chi connectivity index (χ1) is 10.9. The van der Waals surface area contributed by atoms with Gasteiger partial charge in [-0.05, 0) is 29.4 Å². The molecule has 0 saturated heterocycles. The van der Waals surface area contributed by atoms with Gasteiger partial charge in [0.2, 0.25) is 5.91 Å². The van der Waals surface area contributed by atoms with Crippen LogP contribution in [0.4, 0.5) is 0 Å². The van der Waals surface area contributed by atoms with Gasteiger partial charge in [0.15, 0.2) is 0 Å². The van der Waals surface area contributed by atoms with Crippen molar-refractivity contribution in [2.45, 2.75) is 44.6 Å². The van der Waals surface area contributed by atoms with Crippen LogP contribution in [0.3, 0.4) is 0 Å². The molecule has 0 aromatic heterocycles. The number of amides is 1. The minimum atomic E-state index is -0.251. The molecule has 1 amide bonds. The standard InChI is InChI=1S/C18H25NO3S/c1-18(2)10-8-15(13-6-4-5-7-14(13)18)19-16(20)9-11-23-12-17(21)22-3/h4-7,15H,8-12H2,1-3H3,(H,19,20). The van der Waals surface area contributed by atoms with Gasteiger partial charge >= 0.3 is 5.97 Å². The summed E-state index contributed by atoms with van der Waals surface area (Å²) >= 11 is 1.43. The Bertz CT molecular complexity index is 571.